The molecule has 1 amide bonds. The first-order valence-corrected chi connectivity index (χ1v) is 7.73. The lowest BCUT2D eigenvalue weighted by molar-refractivity contribution is -0.137. The Morgan fingerprint density at radius 1 is 1.32 bits per heavy atom. The average Bonchev–Trinajstić information content (AvgIpc) is 2.87. The van der Waals surface area contributed by atoms with Crippen LogP contribution in [0.3, 0.4) is 0 Å². The SMILES string of the molecule is CCNC1COCC1C(=O)N1CCC(C(C)C)CC1. The van der Waals surface area contributed by atoms with Crippen LogP contribution < -0.4 is 5.32 Å². The van der Waals surface area contributed by atoms with E-state index in [9.17, 15) is 4.79 Å². The zero-order valence-electron chi connectivity index (χ0n) is 12.5. The van der Waals surface area contributed by atoms with Crippen LogP contribution >= 0.6 is 0 Å². The highest BCUT2D eigenvalue weighted by Gasteiger charge is 2.37. The molecule has 2 rings (SSSR count). The van der Waals surface area contributed by atoms with E-state index in [1.807, 2.05) is 0 Å². The lowest BCUT2D eigenvalue weighted by Gasteiger charge is -2.35. The minimum atomic E-state index is 0.0237. The molecule has 4 nitrogen and oxygen atoms in total. The first kappa shape index (κ1) is 14.8. The zero-order chi connectivity index (χ0) is 13.8. The first-order valence-electron chi connectivity index (χ1n) is 7.73. The van der Waals surface area contributed by atoms with E-state index in [1.165, 1.54) is 0 Å². The van der Waals surface area contributed by atoms with E-state index < -0.39 is 0 Å². The van der Waals surface area contributed by atoms with Crippen LogP contribution in [0.2, 0.25) is 0 Å². The summed E-state index contributed by atoms with van der Waals surface area (Å²) in [7, 11) is 0. The number of hydrogen-bond donors (Lipinski definition) is 1. The van der Waals surface area contributed by atoms with Gasteiger partial charge in [-0.1, -0.05) is 20.8 Å². The van der Waals surface area contributed by atoms with Crippen molar-refractivity contribution in [1.82, 2.24) is 10.2 Å². The summed E-state index contributed by atoms with van der Waals surface area (Å²) in [5, 5.41) is 3.37. The maximum atomic E-state index is 12.6. The molecule has 0 bridgehead atoms. The molecular formula is C15H28N2O2. The largest absolute Gasteiger partial charge is 0.379 e. The van der Waals surface area contributed by atoms with Crippen molar-refractivity contribution in [3.05, 3.63) is 0 Å². The van der Waals surface area contributed by atoms with Gasteiger partial charge in [0.1, 0.15) is 0 Å². The van der Waals surface area contributed by atoms with Crippen molar-refractivity contribution in [2.75, 3.05) is 32.8 Å². The Morgan fingerprint density at radius 2 is 2.00 bits per heavy atom. The number of nitrogens with zero attached hydrogens (tertiary/aromatic N) is 1. The van der Waals surface area contributed by atoms with Crippen LogP contribution in [0.4, 0.5) is 0 Å². The maximum Gasteiger partial charge on any atom is 0.229 e. The Hall–Kier alpha value is -0.610. The van der Waals surface area contributed by atoms with Crippen LogP contribution in [0.15, 0.2) is 0 Å². The molecule has 19 heavy (non-hydrogen) atoms. The highest BCUT2D eigenvalue weighted by molar-refractivity contribution is 5.80. The minimum Gasteiger partial charge on any atom is -0.379 e. The lowest BCUT2D eigenvalue weighted by Crippen LogP contribution is -2.48. The smallest absolute Gasteiger partial charge is 0.229 e. The molecule has 0 aliphatic carbocycles. The average molecular weight is 268 g/mol. The number of hydrogen-bond acceptors (Lipinski definition) is 3. The third-order valence-electron chi connectivity index (χ3n) is 4.66. The quantitative estimate of drug-likeness (QED) is 0.840. The second kappa shape index (κ2) is 6.71. The van der Waals surface area contributed by atoms with Crippen molar-refractivity contribution in [3.8, 4) is 0 Å². The van der Waals surface area contributed by atoms with Gasteiger partial charge in [0.05, 0.1) is 19.1 Å². The van der Waals surface area contributed by atoms with Gasteiger partial charge in [0.15, 0.2) is 0 Å². The monoisotopic (exact) mass is 268 g/mol. The summed E-state index contributed by atoms with van der Waals surface area (Å²) in [5.74, 6) is 1.84. The van der Waals surface area contributed by atoms with Crippen LogP contribution in [0.1, 0.15) is 33.6 Å². The van der Waals surface area contributed by atoms with Gasteiger partial charge in [0.25, 0.3) is 0 Å². The zero-order valence-corrected chi connectivity index (χ0v) is 12.5. The highest BCUT2D eigenvalue weighted by Crippen LogP contribution is 2.26. The summed E-state index contributed by atoms with van der Waals surface area (Å²) < 4.78 is 5.48. The number of amides is 1. The van der Waals surface area contributed by atoms with E-state index in [-0.39, 0.29) is 12.0 Å². The second-order valence-corrected chi connectivity index (χ2v) is 6.21. The van der Waals surface area contributed by atoms with E-state index in [0.29, 0.717) is 19.1 Å². The Morgan fingerprint density at radius 3 is 2.58 bits per heavy atom. The molecule has 2 aliphatic rings. The third-order valence-corrected chi connectivity index (χ3v) is 4.66. The normalized spacial score (nSPS) is 29.2. The summed E-state index contributed by atoms with van der Waals surface area (Å²) in [4.78, 5) is 14.6. The summed E-state index contributed by atoms with van der Waals surface area (Å²) in [6, 6.07) is 0.209. The number of likely N-dealkylation sites (tertiary alicyclic amines) is 1. The fourth-order valence-electron chi connectivity index (χ4n) is 3.28. The van der Waals surface area contributed by atoms with E-state index in [4.69, 9.17) is 4.74 Å². The van der Waals surface area contributed by atoms with Crippen LogP contribution in [-0.2, 0) is 9.53 Å². The Labute approximate surface area is 116 Å². The van der Waals surface area contributed by atoms with Crippen molar-refractivity contribution in [2.24, 2.45) is 17.8 Å². The molecule has 0 aromatic carbocycles. The van der Waals surface area contributed by atoms with Crippen LogP contribution in [-0.4, -0.2) is 49.7 Å². The van der Waals surface area contributed by atoms with Gasteiger partial charge in [-0.15, -0.1) is 0 Å². The van der Waals surface area contributed by atoms with Gasteiger partial charge in [-0.2, -0.15) is 0 Å². The predicted octanol–water partition coefficient (Wildman–Crippen LogP) is 1.51. The molecule has 0 spiro atoms. The fraction of sp³-hybridized carbons (Fsp3) is 0.933. The van der Waals surface area contributed by atoms with Crippen molar-refractivity contribution in [1.29, 1.82) is 0 Å². The standard InChI is InChI=1S/C15H28N2O2/c1-4-16-14-10-19-9-13(14)15(18)17-7-5-12(6-8-17)11(2)3/h11-14,16H,4-10H2,1-3H3. The summed E-state index contributed by atoms with van der Waals surface area (Å²) in [6.07, 6.45) is 2.31. The summed E-state index contributed by atoms with van der Waals surface area (Å²) >= 11 is 0. The Balaban J connectivity index is 1.87. The van der Waals surface area contributed by atoms with E-state index in [1.54, 1.807) is 0 Å². The molecule has 2 atom stereocenters. The molecular weight excluding hydrogens is 240 g/mol. The number of carbonyl (C=O) groups is 1. The van der Waals surface area contributed by atoms with Crippen LogP contribution in [0.5, 0.6) is 0 Å². The molecule has 2 saturated heterocycles. The molecule has 1 N–H and O–H groups in total. The van der Waals surface area contributed by atoms with Gasteiger partial charge in [-0.25, -0.2) is 0 Å². The molecule has 110 valence electrons. The molecule has 2 fully saturated rings. The first-order chi connectivity index (χ1) is 9.13. The number of rotatable bonds is 4. The maximum absolute atomic E-state index is 12.6. The Kier molecular flexibility index (Phi) is 5.22. The summed E-state index contributed by atoms with van der Waals surface area (Å²) in [6.45, 7) is 10.7. The molecule has 2 aliphatic heterocycles. The van der Waals surface area contributed by atoms with Gasteiger partial charge in [0.2, 0.25) is 5.91 Å². The van der Waals surface area contributed by atoms with Crippen LogP contribution in [0, 0.1) is 17.8 Å². The van der Waals surface area contributed by atoms with Crippen molar-refractivity contribution in [3.63, 3.8) is 0 Å². The van der Waals surface area contributed by atoms with Gasteiger partial charge >= 0.3 is 0 Å². The van der Waals surface area contributed by atoms with E-state index in [2.05, 4.69) is 31.0 Å². The number of ether oxygens (including phenoxy) is 1. The minimum absolute atomic E-state index is 0.0237. The summed E-state index contributed by atoms with van der Waals surface area (Å²) in [5.41, 5.74) is 0. The molecule has 4 heteroatoms. The van der Waals surface area contributed by atoms with Gasteiger partial charge in [-0.3, -0.25) is 4.79 Å². The van der Waals surface area contributed by atoms with Crippen molar-refractivity contribution >= 4 is 5.91 Å². The highest BCUT2D eigenvalue weighted by atomic mass is 16.5. The second-order valence-electron chi connectivity index (χ2n) is 6.21. The number of nitrogens with one attached hydrogen (secondary N) is 1. The third kappa shape index (κ3) is 3.48. The molecule has 0 saturated carbocycles. The topological polar surface area (TPSA) is 41.6 Å². The van der Waals surface area contributed by atoms with Crippen molar-refractivity contribution < 1.29 is 9.53 Å². The van der Waals surface area contributed by atoms with E-state index in [0.717, 1.165) is 44.3 Å². The van der Waals surface area contributed by atoms with E-state index >= 15 is 0 Å². The van der Waals surface area contributed by atoms with Gasteiger partial charge in [-0.05, 0) is 31.2 Å². The van der Waals surface area contributed by atoms with Crippen molar-refractivity contribution in [2.45, 2.75) is 39.7 Å². The van der Waals surface area contributed by atoms with Crippen LogP contribution in [0.25, 0.3) is 0 Å². The lowest BCUT2D eigenvalue weighted by atomic mass is 9.86. The molecule has 0 aromatic rings. The molecule has 0 radical (unpaired) electrons. The molecule has 2 heterocycles. The number of piperidine rings is 1. The predicted molar refractivity (Wildman–Crippen MR) is 75.9 cm³/mol. The Bertz CT molecular complexity index is 299. The molecule has 2 unspecified atom stereocenters. The van der Waals surface area contributed by atoms with Gasteiger partial charge in [0, 0.05) is 19.1 Å². The van der Waals surface area contributed by atoms with Gasteiger partial charge < -0.3 is 15.0 Å². The molecule has 0 aromatic heterocycles. The number of likely N-dealkylation sites (N-methyl/N-ethyl adjacent to an activating group) is 1. The number of carbonyl (C=O) groups excluding carboxylic acids is 1. The fourth-order valence-corrected chi connectivity index (χ4v) is 3.28.